The van der Waals surface area contributed by atoms with Gasteiger partial charge in [0.25, 0.3) is 0 Å². The number of likely N-dealkylation sites (tertiary alicyclic amines) is 1. The van der Waals surface area contributed by atoms with Gasteiger partial charge in [-0.3, -0.25) is 4.79 Å². The Labute approximate surface area is 298 Å². The fourth-order valence-corrected chi connectivity index (χ4v) is 8.40. The summed E-state index contributed by atoms with van der Waals surface area (Å²) in [5, 5.41) is 2.82. The molecule has 3 aromatic carbocycles. The summed E-state index contributed by atoms with van der Waals surface area (Å²) < 4.78 is 7.95. The Morgan fingerprint density at radius 2 is 1.58 bits per heavy atom. The fraction of sp³-hybridized carbons (Fsp3) is 0.500. The van der Waals surface area contributed by atoms with Crippen molar-refractivity contribution in [2.24, 2.45) is 0 Å². The van der Waals surface area contributed by atoms with Gasteiger partial charge in [0.05, 0.1) is 11.0 Å². The quantitative estimate of drug-likeness (QED) is 0.183. The third kappa shape index (κ3) is 8.23. The number of amides is 2. The van der Waals surface area contributed by atoms with Crippen LogP contribution in [0.5, 0.6) is 0 Å². The molecular weight excluding hydrogens is 622 g/mol. The zero-order valence-electron chi connectivity index (χ0n) is 30.4. The number of hydrogen-bond acceptors (Lipinski definition) is 5. The first-order chi connectivity index (χ1) is 24.1. The molecule has 0 unspecified atom stereocenters. The molecule has 1 aromatic heterocycles. The highest BCUT2D eigenvalue weighted by molar-refractivity contribution is 5.89. The van der Waals surface area contributed by atoms with E-state index in [1.807, 2.05) is 35.2 Å². The second kappa shape index (κ2) is 15.8. The van der Waals surface area contributed by atoms with E-state index in [0.29, 0.717) is 25.2 Å². The largest absolute Gasteiger partial charge is 0.445 e. The van der Waals surface area contributed by atoms with Crippen LogP contribution in [0.4, 0.5) is 4.79 Å². The first-order valence-electron chi connectivity index (χ1n) is 18.6. The molecule has 2 heterocycles. The number of imidazole rings is 1. The maximum Gasteiger partial charge on any atom is 0.408 e. The number of ether oxygens (including phenoxy) is 1. The van der Waals surface area contributed by atoms with E-state index in [1.54, 1.807) is 13.8 Å². The minimum absolute atomic E-state index is 0.0172. The molecule has 1 saturated heterocycles. The molecule has 266 valence electrons. The number of piperidine rings is 1. The Morgan fingerprint density at radius 1 is 0.920 bits per heavy atom. The standard InChI is InChI=1S/C42H55N5O3/c1-32-43-37-22-14-15-23-38(37)47(32)36-21-13-7-12-20-35(30-36)45(4)27-24-42(34-18-10-6-11-19-34)25-28-46(29-26-42)39(48)41(2,3)44-40(49)50-31-33-16-8-5-9-17-33/h5-6,8-11,14-19,22-23,35-36H,7,12-13,20-21,24-31H2,1-4H3,(H,44,49)/t35-,36-/m1/s1. The van der Waals surface area contributed by atoms with Gasteiger partial charge in [-0.2, -0.15) is 0 Å². The average Bonchev–Trinajstić information content (AvgIpc) is 3.46. The van der Waals surface area contributed by atoms with E-state index in [2.05, 4.69) is 83.4 Å². The van der Waals surface area contributed by atoms with E-state index in [9.17, 15) is 9.59 Å². The molecular formula is C42H55N5O3. The van der Waals surface area contributed by atoms with E-state index < -0.39 is 11.6 Å². The summed E-state index contributed by atoms with van der Waals surface area (Å²) in [6, 6.07) is 30.0. The fourth-order valence-electron chi connectivity index (χ4n) is 8.40. The van der Waals surface area contributed by atoms with E-state index in [-0.39, 0.29) is 17.9 Å². The molecule has 50 heavy (non-hydrogen) atoms. The van der Waals surface area contributed by atoms with Crippen LogP contribution in [0.15, 0.2) is 84.9 Å². The van der Waals surface area contributed by atoms with Crippen molar-refractivity contribution in [1.82, 2.24) is 24.7 Å². The SMILES string of the molecule is Cc1nc2ccccc2n1[C@@H]1CCCCC[C@@H](N(C)CCC2(c3ccccc3)CCN(C(=O)C(C)(C)NC(=O)OCc3ccccc3)CC2)C1. The number of carbonyl (C=O) groups excluding carboxylic acids is 2. The van der Waals surface area contributed by atoms with E-state index in [4.69, 9.17) is 9.72 Å². The Morgan fingerprint density at radius 3 is 2.32 bits per heavy atom. The van der Waals surface area contributed by atoms with Crippen molar-refractivity contribution < 1.29 is 14.3 Å². The second-order valence-corrected chi connectivity index (χ2v) is 15.2. The molecule has 0 radical (unpaired) electrons. The number of hydrogen-bond donors (Lipinski definition) is 1. The van der Waals surface area contributed by atoms with Gasteiger partial charge in [-0.1, -0.05) is 92.1 Å². The zero-order chi connectivity index (χ0) is 35.1. The summed E-state index contributed by atoms with van der Waals surface area (Å²) in [4.78, 5) is 35.9. The summed E-state index contributed by atoms with van der Waals surface area (Å²) in [5.41, 5.74) is 3.52. The number of aromatic nitrogens is 2. The van der Waals surface area contributed by atoms with Crippen LogP contribution < -0.4 is 5.32 Å². The minimum atomic E-state index is -1.08. The van der Waals surface area contributed by atoms with Crippen molar-refractivity contribution >= 4 is 23.0 Å². The molecule has 1 saturated carbocycles. The summed E-state index contributed by atoms with van der Waals surface area (Å²) in [6.07, 6.45) is 9.59. The lowest BCUT2D eigenvalue weighted by Crippen LogP contribution is -2.58. The minimum Gasteiger partial charge on any atom is -0.445 e. The number of benzene rings is 3. The molecule has 2 atom stereocenters. The highest BCUT2D eigenvalue weighted by Gasteiger charge is 2.41. The van der Waals surface area contributed by atoms with Crippen LogP contribution >= 0.6 is 0 Å². The topological polar surface area (TPSA) is 79.7 Å². The number of nitrogens with zero attached hydrogens (tertiary/aromatic N) is 4. The molecule has 1 aliphatic carbocycles. The Bertz CT molecular complexity index is 1710. The van der Waals surface area contributed by atoms with E-state index in [1.165, 1.54) is 43.2 Å². The predicted molar refractivity (Wildman–Crippen MR) is 200 cm³/mol. The molecule has 2 aliphatic rings. The molecule has 2 amide bonds. The van der Waals surface area contributed by atoms with Crippen molar-refractivity contribution in [1.29, 1.82) is 0 Å². The van der Waals surface area contributed by atoms with Gasteiger partial charge >= 0.3 is 6.09 Å². The summed E-state index contributed by atoms with van der Waals surface area (Å²) in [5.74, 6) is 1.04. The van der Waals surface area contributed by atoms with Crippen molar-refractivity contribution in [2.75, 3.05) is 26.7 Å². The lowest BCUT2D eigenvalue weighted by Gasteiger charge is -2.45. The van der Waals surface area contributed by atoms with Crippen molar-refractivity contribution in [2.45, 2.75) is 108 Å². The van der Waals surface area contributed by atoms with Crippen LogP contribution in [0, 0.1) is 6.92 Å². The number of nitrogens with one attached hydrogen (secondary N) is 1. The molecule has 1 N–H and O–H groups in total. The van der Waals surface area contributed by atoms with Crippen molar-refractivity contribution in [3.8, 4) is 0 Å². The maximum absolute atomic E-state index is 13.8. The van der Waals surface area contributed by atoms with Gasteiger partial charge in [-0.15, -0.1) is 0 Å². The van der Waals surface area contributed by atoms with Crippen LogP contribution in [0.1, 0.15) is 94.6 Å². The van der Waals surface area contributed by atoms with Gasteiger partial charge in [0.2, 0.25) is 5.91 Å². The van der Waals surface area contributed by atoms with Crippen molar-refractivity contribution in [3.05, 3.63) is 102 Å². The highest BCUT2D eigenvalue weighted by Crippen LogP contribution is 2.40. The molecule has 1 aliphatic heterocycles. The summed E-state index contributed by atoms with van der Waals surface area (Å²) in [7, 11) is 2.32. The zero-order valence-corrected chi connectivity index (χ0v) is 30.4. The molecule has 6 rings (SSSR count). The smallest absolute Gasteiger partial charge is 0.408 e. The summed E-state index contributed by atoms with van der Waals surface area (Å²) >= 11 is 0. The summed E-state index contributed by atoms with van der Waals surface area (Å²) in [6.45, 7) is 8.17. The third-order valence-electron chi connectivity index (χ3n) is 11.4. The normalized spacial score (nSPS) is 19.9. The maximum atomic E-state index is 13.8. The number of aryl methyl sites for hydroxylation is 1. The van der Waals surface area contributed by atoms with Gasteiger partial charge in [-0.25, -0.2) is 9.78 Å². The number of rotatable bonds is 10. The number of para-hydroxylation sites is 2. The van der Waals surface area contributed by atoms with Crippen LogP contribution in [0.25, 0.3) is 11.0 Å². The van der Waals surface area contributed by atoms with E-state index >= 15 is 0 Å². The lowest BCUT2D eigenvalue weighted by atomic mass is 9.70. The molecule has 0 bridgehead atoms. The van der Waals surface area contributed by atoms with Crippen LogP contribution in [-0.2, 0) is 21.6 Å². The average molecular weight is 678 g/mol. The van der Waals surface area contributed by atoms with Crippen LogP contribution in [0.2, 0.25) is 0 Å². The van der Waals surface area contributed by atoms with E-state index in [0.717, 1.165) is 49.1 Å². The first kappa shape index (κ1) is 35.6. The molecule has 0 spiro atoms. The van der Waals surface area contributed by atoms with Gasteiger partial charge in [-0.05, 0) is 102 Å². The number of carbonyl (C=O) groups is 2. The van der Waals surface area contributed by atoms with Crippen LogP contribution in [-0.4, -0.2) is 69.6 Å². The van der Waals surface area contributed by atoms with Gasteiger partial charge in [0, 0.05) is 25.2 Å². The predicted octanol–water partition coefficient (Wildman–Crippen LogP) is 8.20. The van der Waals surface area contributed by atoms with Gasteiger partial charge < -0.3 is 24.4 Å². The van der Waals surface area contributed by atoms with Crippen molar-refractivity contribution in [3.63, 3.8) is 0 Å². The van der Waals surface area contributed by atoms with Gasteiger partial charge in [0.1, 0.15) is 18.0 Å². The van der Waals surface area contributed by atoms with Crippen LogP contribution in [0.3, 0.4) is 0 Å². The highest BCUT2D eigenvalue weighted by atomic mass is 16.5. The Balaban J connectivity index is 1.10. The molecule has 4 aromatic rings. The monoisotopic (exact) mass is 677 g/mol. The van der Waals surface area contributed by atoms with Gasteiger partial charge in [0.15, 0.2) is 0 Å². The first-order valence-corrected chi connectivity index (χ1v) is 18.6. The second-order valence-electron chi connectivity index (χ2n) is 15.2. The molecule has 8 heteroatoms. The lowest BCUT2D eigenvalue weighted by molar-refractivity contribution is -0.138. The Kier molecular flexibility index (Phi) is 11.3. The Hall–Kier alpha value is -4.17. The third-order valence-corrected chi connectivity index (χ3v) is 11.4. The molecule has 2 fully saturated rings. The number of fused-ring (bicyclic) bond motifs is 1. The molecule has 8 nitrogen and oxygen atoms in total. The number of alkyl carbamates (subject to hydrolysis) is 1.